The summed E-state index contributed by atoms with van der Waals surface area (Å²) in [5, 5.41) is 4.03. The summed E-state index contributed by atoms with van der Waals surface area (Å²) < 4.78 is 6.76. The van der Waals surface area contributed by atoms with Crippen molar-refractivity contribution in [3.63, 3.8) is 0 Å². The molecule has 26 heavy (non-hydrogen) atoms. The van der Waals surface area contributed by atoms with Crippen molar-refractivity contribution < 1.29 is 9.21 Å². The van der Waals surface area contributed by atoms with Gasteiger partial charge in [-0.15, -0.1) is 0 Å². The number of hydrogen-bond donors (Lipinski definition) is 1. The molecule has 0 radical (unpaired) electrons. The number of amides is 1. The Labute approximate surface area is 160 Å². The zero-order valence-electron chi connectivity index (χ0n) is 13.9. The Kier molecular flexibility index (Phi) is 4.71. The van der Waals surface area contributed by atoms with Gasteiger partial charge in [0, 0.05) is 16.0 Å². The summed E-state index contributed by atoms with van der Waals surface area (Å²) in [5.74, 6) is 1.62. The summed E-state index contributed by atoms with van der Waals surface area (Å²) in [7, 11) is 0. The smallest absolute Gasteiger partial charge is 0.243 e. The van der Waals surface area contributed by atoms with Gasteiger partial charge >= 0.3 is 0 Å². The molecule has 1 fully saturated rings. The van der Waals surface area contributed by atoms with Gasteiger partial charge in [0.1, 0.15) is 11.5 Å². The summed E-state index contributed by atoms with van der Waals surface area (Å²) in [4.78, 5) is 12.2. The maximum Gasteiger partial charge on any atom is 0.243 e. The van der Waals surface area contributed by atoms with Gasteiger partial charge in [0.2, 0.25) is 5.91 Å². The highest BCUT2D eigenvalue weighted by Gasteiger charge is 2.43. The van der Waals surface area contributed by atoms with Crippen LogP contribution in [0.2, 0.25) is 0 Å². The number of benzene rings is 2. The van der Waals surface area contributed by atoms with Crippen LogP contribution in [0.15, 0.2) is 80.7 Å². The molecular weight excluding hydrogens is 392 g/mol. The second-order valence-electron chi connectivity index (χ2n) is 6.30. The molecule has 3 aromatic rings. The summed E-state index contributed by atoms with van der Waals surface area (Å²) >= 11 is 3.41. The first-order valence-corrected chi connectivity index (χ1v) is 9.23. The minimum absolute atomic E-state index is 0.00415. The lowest BCUT2D eigenvalue weighted by Gasteiger charge is -1.99. The van der Waals surface area contributed by atoms with Crippen LogP contribution in [0.4, 0.5) is 0 Å². The lowest BCUT2D eigenvalue weighted by atomic mass is 10.1. The number of hydrogen-bond acceptors (Lipinski definition) is 3. The molecule has 2 atom stereocenters. The molecule has 4 rings (SSSR count). The first-order chi connectivity index (χ1) is 12.7. The van der Waals surface area contributed by atoms with E-state index in [2.05, 4.69) is 38.6 Å². The van der Waals surface area contributed by atoms with Crippen LogP contribution in [0.3, 0.4) is 0 Å². The number of nitrogens with one attached hydrogen (secondary N) is 1. The molecule has 130 valence electrons. The standard InChI is InChI=1S/C21H17BrN2O2/c22-16-8-6-15(7-9-16)20-11-10-17(26-20)13-23-24-21(25)19-12-18(19)14-4-2-1-3-5-14/h1-11,13,18-19H,12H2,(H,24,25)/b23-13+. The molecule has 1 aromatic heterocycles. The fourth-order valence-corrected chi connectivity index (χ4v) is 3.25. The van der Waals surface area contributed by atoms with Crippen molar-refractivity contribution >= 4 is 28.1 Å². The van der Waals surface area contributed by atoms with E-state index in [9.17, 15) is 4.79 Å². The lowest BCUT2D eigenvalue weighted by Crippen LogP contribution is -2.20. The van der Waals surface area contributed by atoms with Gasteiger partial charge in [0.05, 0.1) is 6.21 Å². The molecule has 1 aliphatic carbocycles. The van der Waals surface area contributed by atoms with E-state index in [4.69, 9.17) is 4.42 Å². The normalized spacial score (nSPS) is 18.8. The van der Waals surface area contributed by atoms with Gasteiger partial charge in [-0.2, -0.15) is 5.10 Å². The molecule has 0 bridgehead atoms. The van der Waals surface area contributed by atoms with Crippen LogP contribution in [0.25, 0.3) is 11.3 Å². The molecule has 1 heterocycles. The minimum atomic E-state index is -0.0465. The number of carbonyl (C=O) groups excluding carboxylic acids is 1. The maximum atomic E-state index is 12.2. The first kappa shape index (κ1) is 16.8. The SMILES string of the molecule is O=C(N/N=C/c1ccc(-c2ccc(Br)cc2)o1)C1CC1c1ccccc1. The van der Waals surface area contributed by atoms with Crippen molar-refractivity contribution in [2.24, 2.45) is 11.0 Å². The lowest BCUT2D eigenvalue weighted by molar-refractivity contribution is -0.122. The van der Waals surface area contributed by atoms with Crippen molar-refractivity contribution in [1.82, 2.24) is 5.43 Å². The number of carbonyl (C=O) groups is 1. The van der Waals surface area contributed by atoms with Gasteiger partial charge < -0.3 is 4.42 Å². The Balaban J connectivity index is 1.33. The van der Waals surface area contributed by atoms with Crippen LogP contribution >= 0.6 is 15.9 Å². The predicted molar refractivity (Wildman–Crippen MR) is 105 cm³/mol. The van der Waals surface area contributed by atoms with E-state index >= 15 is 0 Å². The van der Waals surface area contributed by atoms with Crippen molar-refractivity contribution in [1.29, 1.82) is 0 Å². The van der Waals surface area contributed by atoms with Crippen molar-refractivity contribution in [2.45, 2.75) is 12.3 Å². The Hall–Kier alpha value is -2.66. The Bertz CT molecular complexity index is 932. The number of nitrogens with zero attached hydrogens (tertiary/aromatic N) is 1. The Morgan fingerprint density at radius 1 is 1.08 bits per heavy atom. The van der Waals surface area contributed by atoms with Crippen LogP contribution in [0.5, 0.6) is 0 Å². The van der Waals surface area contributed by atoms with E-state index < -0.39 is 0 Å². The highest BCUT2D eigenvalue weighted by Crippen LogP contribution is 2.47. The molecule has 0 saturated heterocycles. The first-order valence-electron chi connectivity index (χ1n) is 8.44. The topological polar surface area (TPSA) is 54.6 Å². The fraction of sp³-hybridized carbons (Fsp3) is 0.143. The molecule has 0 aliphatic heterocycles. The molecule has 2 unspecified atom stereocenters. The van der Waals surface area contributed by atoms with Crippen LogP contribution < -0.4 is 5.43 Å². The van der Waals surface area contributed by atoms with Crippen LogP contribution in [-0.2, 0) is 4.79 Å². The Morgan fingerprint density at radius 2 is 1.85 bits per heavy atom. The van der Waals surface area contributed by atoms with Gasteiger partial charge in [0.25, 0.3) is 0 Å². The largest absolute Gasteiger partial charge is 0.455 e. The van der Waals surface area contributed by atoms with E-state index in [1.165, 1.54) is 11.8 Å². The molecule has 0 spiro atoms. The maximum absolute atomic E-state index is 12.2. The molecular formula is C21H17BrN2O2. The Morgan fingerprint density at radius 3 is 2.62 bits per heavy atom. The van der Waals surface area contributed by atoms with Crippen LogP contribution in [-0.4, -0.2) is 12.1 Å². The fourth-order valence-electron chi connectivity index (χ4n) is 2.99. The van der Waals surface area contributed by atoms with Gasteiger partial charge in [-0.05, 0) is 42.2 Å². The monoisotopic (exact) mass is 408 g/mol. The summed E-state index contributed by atoms with van der Waals surface area (Å²) in [6, 6.07) is 21.7. The van der Waals surface area contributed by atoms with Gasteiger partial charge in [-0.25, -0.2) is 5.43 Å². The van der Waals surface area contributed by atoms with E-state index in [1.807, 2.05) is 54.6 Å². The average Bonchev–Trinajstić information content (AvgIpc) is 3.34. The number of furan rings is 1. The summed E-state index contributed by atoms with van der Waals surface area (Å²) in [5.41, 5.74) is 4.81. The minimum Gasteiger partial charge on any atom is -0.455 e. The van der Waals surface area contributed by atoms with E-state index in [0.29, 0.717) is 11.7 Å². The van der Waals surface area contributed by atoms with Gasteiger partial charge in [0.15, 0.2) is 0 Å². The second kappa shape index (κ2) is 7.30. The highest BCUT2D eigenvalue weighted by molar-refractivity contribution is 9.10. The van der Waals surface area contributed by atoms with Crippen molar-refractivity contribution in [2.75, 3.05) is 0 Å². The molecule has 2 aromatic carbocycles. The van der Waals surface area contributed by atoms with Crippen LogP contribution in [0.1, 0.15) is 23.7 Å². The average molecular weight is 409 g/mol. The molecule has 1 N–H and O–H groups in total. The summed E-state index contributed by atoms with van der Waals surface area (Å²) in [6.45, 7) is 0. The third-order valence-corrected chi connectivity index (χ3v) is 5.01. The number of halogens is 1. The number of hydrazone groups is 1. The van der Waals surface area contributed by atoms with Crippen LogP contribution in [0, 0.1) is 5.92 Å². The quantitative estimate of drug-likeness (QED) is 0.478. The highest BCUT2D eigenvalue weighted by atomic mass is 79.9. The third kappa shape index (κ3) is 3.78. The second-order valence-corrected chi connectivity index (χ2v) is 7.22. The third-order valence-electron chi connectivity index (χ3n) is 4.48. The molecule has 1 amide bonds. The van der Waals surface area contributed by atoms with Gasteiger partial charge in [-0.1, -0.05) is 58.4 Å². The molecule has 1 saturated carbocycles. The van der Waals surface area contributed by atoms with Gasteiger partial charge in [-0.3, -0.25) is 4.79 Å². The molecule has 4 nitrogen and oxygen atoms in total. The van der Waals surface area contributed by atoms with E-state index in [1.54, 1.807) is 0 Å². The predicted octanol–water partition coefficient (Wildman–Crippen LogP) is 4.96. The van der Waals surface area contributed by atoms with Crippen molar-refractivity contribution in [3.8, 4) is 11.3 Å². The number of rotatable bonds is 5. The summed E-state index contributed by atoms with van der Waals surface area (Å²) in [6.07, 6.45) is 2.40. The molecule has 5 heteroatoms. The van der Waals surface area contributed by atoms with E-state index in [-0.39, 0.29) is 11.8 Å². The van der Waals surface area contributed by atoms with E-state index in [0.717, 1.165) is 22.2 Å². The zero-order valence-corrected chi connectivity index (χ0v) is 15.5. The van der Waals surface area contributed by atoms with Crippen molar-refractivity contribution in [3.05, 3.63) is 82.5 Å². The molecule has 1 aliphatic rings. The zero-order chi connectivity index (χ0) is 17.9.